The highest BCUT2D eigenvalue weighted by Crippen LogP contribution is 2.27. The molecule has 0 unspecified atom stereocenters. The van der Waals surface area contributed by atoms with Crippen LogP contribution in [0.1, 0.15) is 64.0 Å². The maximum Gasteiger partial charge on any atom is 0.225 e. The number of likely N-dealkylation sites (tertiary alicyclic amines) is 2. The second kappa shape index (κ2) is 14.1. The molecule has 41 heavy (non-hydrogen) atoms. The topological polar surface area (TPSA) is 103 Å². The third kappa shape index (κ3) is 9.43. The van der Waals surface area contributed by atoms with Gasteiger partial charge in [-0.3, -0.25) is 9.69 Å². The first kappa shape index (κ1) is 30.8. The zero-order valence-corrected chi connectivity index (χ0v) is 25.3. The van der Waals surface area contributed by atoms with Crippen LogP contribution >= 0.6 is 11.6 Å². The van der Waals surface area contributed by atoms with Gasteiger partial charge in [0.1, 0.15) is 7.11 Å². The van der Waals surface area contributed by atoms with Gasteiger partial charge in [0.15, 0.2) is 11.9 Å². The lowest BCUT2D eigenvalue weighted by molar-refractivity contribution is -0.259. The van der Waals surface area contributed by atoms with Gasteiger partial charge in [-0.25, -0.2) is 9.98 Å². The molecule has 10 heteroatoms. The van der Waals surface area contributed by atoms with Crippen LogP contribution in [0.5, 0.6) is 0 Å². The summed E-state index contributed by atoms with van der Waals surface area (Å²) in [5, 5.41) is 17.0. The largest absolute Gasteiger partial charge is 0.594 e. The second-order valence-electron chi connectivity index (χ2n) is 11.9. The Hall–Kier alpha value is -3.17. The van der Waals surface area contributed by atoms with Gasteiger partial charge in [0.05, 0.1) is 5.71 Å². The van der Waals surface area contributed by atoms with Gasteiger partial charge in [-0.1, -0.05) is 49.7 Å². The Morgan fingerprint density at radius 2 is 1.76 bits per heavy atom. The fraction of sp³-hybridized carbons (Fsp3) is 0.548. The summed E-state index contributed by atoms with van der Waals surface area (Å²) in [6.45, 7) is 9.41. The number of hydrogen-bond acceptors (Lipinski definition) is 8. The van der Waals surface area contributed by atoms with Crippen LogP contribution in [0, 0.1) is 11.8 Å². The number of carbonyl (C=O) groups excluding carboxylic acids is 1. The number of piperidine rings is 2. The number of nitrogens with zero attached hydrogens (tertiary/aromatic N) is 5. The Kier molecular flexibility index (Phi) is 10.6. The lowest BCUT2D eigenvalue weighted by atomic mass is 9.88. The molecule has 2 saturated heterocycles. The van der Waals surface area contributed by atoms with Crippen LogP contribution in [-0.4, -0.2) is 71.4 Å². The summed E-state index contributed by atoms with van der Waals surface area (Å²) >= 11 is 6.05. The number of rotatable bonds is 8. The minimum atomic E-state index is -0.643. The summed E-state index contributed by atoms with van der Waals surface area (Å²) in [6.07, 6.45) is 5.45. The summed E-state index contributed by atoms with van der Waals surface area (Å²) in [5.41, 5.74) is 2.36. The van der Waals surface area contributed by atoms with Gasteiger partial charge in [-0.05, 0) is 86.5 Å². The van der Waals surface area contributed by atoms with E-state index in [1.807, 2.05) is 36.4 Å². The van der Waals surface area contributed by atoms with Crippen LogP contribution in [0.25, 0.3) is 0 Å². The lowest BCUT2D eigenvalue weighted by Crippen LogP contribution is -2.45. The molecule has 0 radical (unpaired) electrons. The van der Waals surface area contributed by atoms with Crippen molar-refractivity contribution >= 4 is 35.1 Å². The van der Waals surface area contributed by atoms with Crippen LogP contribution in [0.2, 0.25) is 5.02 Å². The van der Waals surface area contributed by atoms with E-state index in [2.05, 4.69) is 24.9 Å². The van der Waals surface area contributed by atoms with Gasteiger partial charge >= 0.3 is 0 Å². The highest BCUT2D eigenvalue weighted by Gasteiger charge is 2.31. The normalized spacial score (nSPS) is 18.4. The molecule has 2 fully saturated rings. The van der Waals surface area contributed by atoms with Crippen LogP contribution in [0.3, 0.4) is 0 Å². The molecular weight excluding hydrogens is 542 g/mol. The third-order valence-electron chi connectivity index (χ3n) is 7.54. The first-order valence-corrected chi connectivity index (χ1v) is 14.7. The third-order valence-corrected chi connectivity index (χ3v) is 7.79. The van der Waals surface area contributed by atoms with E-state index in [4.69, 9.17) is 21.2 Å². The molecule has 9 nitrogen and oxygen atoms in total. The number of aliphatic imine (C=N–C) groups is 1. The van der Waals surface area contributed by atoms with E-state index < -0.39 is 11.7 Å². The predicted molar refractivity (Wildman–Crippen MR) is 159 cm³/mol. The van der Waals surface area contributed by atoms with Gasteiger partial charge in [0.25, 0.3) is 0 Å². The number of ether oxygens (including phenoxy) is 1. The van der Waals surface area contributed by atoms with Crippen LogP contribution in [0.15, 0.2) is 52.7 Å². The standard InChI is InChI=1S/C31H42ClN5O4/c1-31(2,3)41-30(39)34-28-20-23(9-14-33-28)21-36-15-12-25(13-16-36)29(38)37-17-10-22(11-18-37)19-27(35-40-4)24-5-7-26(32)8-6-24/h5-9,14,20,22,25H,10-13,15-19,21H2,1-4H3,(H,33,34,39)/p-1/b35-27-. The summed E-state index contributed by atoms with van der Waals surface area (Å²) in [4.78, 5) is 31.0. The average Bonchev–Trinajstić information content (AvgIpc) is 2.93. The summed E-state index contributed by atoms with van der Waals surface area (Å²) in [5.74, 6) is 1.16. The smallest absolute Gasteiger partial charge is 0.225 e. The lowest BCUT2D eigenvalue weighted by Gasteiger charge is -2.37. The van der Waals surface area contributed by atoms with E-state index in [-0.39, 0.29) is 11.8 Å². The number of carbonyl (C=O) groups is 1. The van der Waals surface area contributed by atoms with Crippen molar-refractivity contribution in [2.75, 3.05) is 33.3 Å². The van der Waals surface area contributed by atoms with E-state index in [9.17, 15) is 9.90 Å². The fourth-order valence-corrected chi connectivity index (χ4v) is 5.57. The number of pyridine rings is 1. The summed E-state index contributed by atoms with van der Waals surface area (Å²) in [7, 11) is 1.57. The number of oxime groups is 1. The van der Waals surface area contributed by atoms with Crippen molar-refractivity contribution < 1.29 is 19.5 Å². The molecule has 0 aliphatic carbocycles. The Balaban J connectivity index is 1.23. The highest BCUT2D eigenvalue weighted by molar-refractivity contribution is 6.30. The van der Waals surface area contributed by atoms with Gasteiger partial charge in [-0.15, -0.1) is 0 Å². The summed E-state index contributed by atoms with van der Waals surface area (Å²) in [6, 6.07) is 11.4. The minimum Gasteiger partial charge on any atom is -0.594 e. The molecule has 2 aromatic rings. The van der Waals surface area contributed by atoms with Crippen molar-refractivity contribution in [1.82, 2.24) is 14.8 Å². The molecule has 4 rings (SSSR count). The van der Waals surface area contributed by atoms with Crippen molar-refractivity contribution in [2.45, 2.75) is 65.0 Å². The molecule has 1 aromatic heterocycles. The molecule has 2 aliphatic heterocycles. The monoisotopic (exact) mass is 582 g/mol. The Bertz CT molecular complexity index is 1210. The molecule has 0 spiro atoms. The van der Waals surface area contributed by atoms with E-state index in [1.54, 1.807) is 34.1 Å². The number of amides is 1. The maximum atomic E-state index is 13.3. The number of benzene rings is 1. The number of aromatic nitrogens is 1. The van der Waals surface area contributed by atoms with Crippen LogP contribution in [-0.2, 0) is 20.9 Å². The molecule has 1 amide bonds. The molecule has 2 aliphatic rings. The quantitative estimate of drug-likeness (QED) is 0.252. The second-order valence-corrected chi connectivity index (χ2v) is 12.3. The molecule has 0 N–H and O–H groups in total. The average molecular weight is 583 g/mol. The first-order valence-electron chi connectivity index (χ1n) is 14.4. The minimum absolute atomic E-state index is 0.0673. The molecular formula is C31H41ClN5O4-. The van der Waals surface area contributed by atoms with Gasteiger partial charge in [0, 0.05) is 42.4 Å². The predicted octanol–water partition coefficient (Wildman–Crippen LogP) is 4.79. The van der Waals surface area contributed by atoms with Crippen LogP contribution in [0.4, 0.5) is 5.82 Å². The van der Waals surface area contributed by atoms with E-state index in [0.29, 0.717) is 16.8 Å². The molecule has 0 saturated carbocycles. The molecule has 0 atom stereocenters. The Morgan fingerprint density at radius 3 is 2.39 bits per heavy atom. The number of hydrogen-bond donors (Lipinski definition) is 0. The molecule has 3 heterocycles. The van der Waals surface area contributed by atoms with Crippen LogP contribution < -0.4 is 5.11 Å². The molecule has 222 valence electrons. The maximum absolute atomic E-state index is 13.3. The highest BCUT2D eigenvalue weighted by atomic mass is 35.5. The zero-order chi connectivity index (χ0) is 29.4. The fourth-order valence-electron chi connectivity index (χ4n) is 5.44. The van der Waals surface area contributed by atoms with E-state index in [1.165, 1.54) is 0 Å². The Morgan fingerprint density at radius 1 is 1.07 bits per heavy atom. The van der Waals surface area contributed by atoms with Crippen molar-refractivity contribution in [3.63, 3.8) is 0 Å². The van der Waals surface area contributed by atoms with Gasteiger partial charge < -0.3 is 19.6 Å². The van der Waals surface area contributed by atoms with E-state index >= 15 is 0 Å². The van der Waals surface area contributed by atoms with Crippen molar-refractivity contribution in [3.8, 4) is 0 Å². The number of halogens is 1. The Labute approximate surface area is 248 Å². The zero-order valence-electron chi connectivity index (χ0n) is 24.5. The van der Waals surface area contributed by atoms with Gasteiger partial charge in [0.2, 0.25) is 5.91 Å². The SMILES string of the molecule is CO/N=C(/CC1CCN(C(=O)C2CCN(Cc3ccnc(N=C([O-])OC(C)(C)C)c3)CC2)CC1)c1ccc(Cl)cc1. The van der Waals surface area contributed by atoms with Crippen molar-refractivity contribution in [2.24, 2.45) is 22.0 Å². The van der Waals surface area contributed by atoms with E-state index in [0.717, 1.165) is 81.7 Å². The first-order chi connectivity index (χ1) is 19.6. The molecule has 0 bridgehead atoms. The summed E-state index contributed by atoms with van der Waals surface area (Å²) < 4.78 is 5.26. The van der Waals surface area contributed by atoms with Crippen molar-refractivity contribution in [1.29, 1.82) is 0 Å². The molecule has 1 aromatic carbocycles. The van der Waals surface area contributed by atoms with Crippen molar-refractivity contribution in [3.05, 3.63) is 58.7 Å². The van der Waals surface area contributed by atoms with Gasteiger partial charge in [-0.2, -0.15) is 0 Å².